The number of rotatable bonds is 0. The van der Waals surface area contributed by atoms with E-state index in [-0.39, 0.29) is 0 Å². The monoisotopic (exact) mass is 218 g/mol. The molecule has 16 heavy (non-hydrogen) atoms. The molecule has 1 aliphatic rings. The number of aliphatic hydroxyl groups is 2. The molecule has 1 rings (SSSR count). The zero-order chi connectivity index (χ0) is 12.4. The van der Waals surface area contributed by atoms with Crippen LogP contribution in [0.1, 0.15) is 27.7 Å². The van der Waals surface area contributed by atoms with Gasteiger partial charge < -0.3 is 10.2 Å². The summed E-state index contributed by atoms with van der Waals surface area (Å²) in [5, 5.41) is 20.2. The molecule has 2 N–H and O–H groups in total. The first-order chi connectivity index (χ1) is 7.27. The van der Waals surface area contributed by atoms with E-state index in [1.165, 1.54) is 0 Å². The molecule has 0 aliphatic heterocycles. The molecule has 2 heteroatoms. The fraction of sp³-hybridized carbons (Fsp3) is 0.571. The Hall–Kier alpha value is -1.22. The third kappa shape index (κ3) is 2.67. The van der Waals surface area contributed by atoms with Crippen LogP contribution in [0.3, 0.4) is 0 Å². The number of hydrogen-bond acceptors (Lipinski definition) is 2. The summed E-state index contributed by atoms with van der Waals surface area (Å²) in [5.74, 6) is 11.5. The first-order valence-corrected chi connectivity index (χ1v) is 5.34. The molecule has 0 radical (unpaired) electrons. The third-order valence-corrected chi connectivity index (χ3v) is 2.82. The Morgan fingerprint density at radius 1 is 0.812 bits per heavy atom. The summed E-state index contributed by atoms with van der Waals surface area (Å²) in [6, 6.07) is 0. The molecule has 0 amide bonds. The van der Waals surface area contributed by atoms with E-state index in [4.69, 9.17) is 0 Å². The molecule has 0 spiro atoms. The topological polar surface area (TPSA) is 40.5 Å². The van der Waals surface area contributed by atoms with Crippen LogP contribution in [0.2, 0.25) is 0 Å². The van der Waals surface area contributed by atoms with Crippen LogP contribution in [-0.4, -0.2) is 22.4 Å². The molecule has 0 aromatic heterocycles. The summed E-state index contributed by atoms with van der Waals surface area (Å²) in [7, 11) is 0. The summed E-state index contributed by atoms with van der Waals surface area (Å²) in [6.07, 6.45) is 1.48. The Balaban J connectivity index is 3.20. The van der Waals surface area contributed by atoms with E-state index in [1.807, 2.05) is 27.7 Å². The highest BCUT2D eigenvalue weighted by atomic mass is 16.3. The van der Waals surface area contributed by atoms with E-state index in [2.05, 4.69) is 23.7 Å². The van der Waals surface area contributed by atoms with Crippen molar-refractivity contribution in [2.75, 3.05) is 0 Å². The van der Waals surface area contributed by atoms with Crippen LogP contribution in [-0.2, 0) is 0 Å². The second-order valence-electron chi connectivity index (χ2n) is 5.21. The smallest absolute Gasteiger partial charge is 0.0973 e. The number of hydrogen-bond donors (Lipinski definition) is 2. The van der Waals surface area contributed by atoms with Crippen LogP contribution in [0.4, 0.5) is 0 Å². The summed E-state index contributed by atoms with van der Waals surface area (Å²) in [6.45, 7) is 7.25. The zero-order valence-electron chi connectivity index (χ0n) is 10.2. The Kier molecular flexibility index (Phi) is 3.48. The standard InChI is InChI=1S/C14H18O2/c1-13(2)9-7-5-6-8-10-14(3,4)12(16)11(13)15/h5-6,11-12,15-16H,1-4H3/b6-5-. The maximum atomic E-state index is 10.1. The summed E-state index contributed by atoms with van der Waals surface area (Å²) in [4.78, 5) is 0. The van der Waals surface area contributed by atoms with Crippen molar-refractivity contribution in [3.05, 3.63) is 12.2 Å². The van der Waals surface area contributed by atoms with E-state index in [9.17, 15) is 10.2 Å². The molecule has 0 saturated heterocycles. The van der Waals surface area contributed by atoms with Crippen molar-refractivity contribution in [1.82, 2.24) is 0 Å². The van der Waals surface area contributed by atoms with Gasteiger partial charge in [-0.05, 0) is 39.8 Å². The molecule has 2 nitrogen and oxygen atoms in total. The SMILES string of the molecule is CC1(C)C#C/C=C\C#CC(C)(C)C(O)C1O. The van der Waals surface area contributed by atoms with Crippen molar-refractivity contribution < 1.29 is 10.2 Å². The van der Waals surface area contributed by atoms with Crippen molar-refractivity contribution in [3.8, 4) is 23.7 Å². The fourth-order valence-corrected chi connectivity index (χ4v) is 1.48. The Labute approximate surface area is 97.4 Å². The quantitative estimate of drug-likeness (QED) is 0.602. The predicted molar refractivity (Wildman–Crippen MR) is 64.3 cm³/mol. The molecule has 0 heterocycles. The fourth-order valence-electron chi connectivity index (χ4n) is 1.48. The van der Waals surface area contributed by atoms with Crippen LogP contribution in [0.5, 0.6) is 0 Å². The Morgan fingerprint density at radius 3 is 1.44 bits per heavy atom. The summed E-state index contributed by atoms with van der Waals surface area (Å²) in [5.41, 5.74) is -1.31. The van der Waals surface area contributed by atoms with Gasteiger partial charge in [-0.2, -0.15) is 0 Å². The molecular formula is C14H18O2. The lowest BCUT2D eigenvalue weighted by Crippen LogP contribution is -2.46. The van der Waals surface area contributed by atoms with E-state index in [0.29, 0.717) is 0 Å². The zero-order valence-corrected chi connectivity index (χ0v) is 10.2. The molecule has 2 atom stereocenters. The average molecular weight is 218 g/mol. The Morgan fingerprint density at radius 2 is 1.12 bits per heavy atom. The van der Waals surface area contributed by atoms with Gasteiger partial charge >= 0.3 is 0 Å². The molecule has 0 aromatic rings. The molecular weight excluding hydrogens is 200 g/mol. The van der Waals surface area contributed by atoms with Gasteiger partial charge in [0.15, 0.2) is 0 Å². The van der Waals surface area contributed by atoms with Gasteiger partial charge in [0.05, 0.1) is 23.0 Å². The van der Waals surface area contributed by atoms with E-state index < -0.39 is 23.0 Å². The maximum Gasteiger partial charge on any atom is 0.0973 e. The highest BCUT2D eigenvalue weighted by Gasteiger charge is 2.39. The van der Waals surface area contributed by atoms with Crippen molar-refractivity contribution in [2.24, 2.45) is 10.8 Å². The maximum absolute atomic E-state index is 10.1. The van der Waals surface area contributed by atoms with Gasteiger partial charge in [0.25, 0.3) is 0 Å². The minimum absolute atomic E-state index is 0.653. The highest BCUT2D eigenvalue weighted by Crippen LogP contribution is 2.31. The van der Waals surface area contributed by atoms with Gasteiger partial charge in [-0.15, -0.1) is 0 Å². The molecule has 0 bridgehead atoms. The van der Waals surface area contributed by atoms with Gasteiger partial charge in [-0.1, -0.05) is 23.7 Å². The van der Waals surface area contributed by atoms with Crippen LogP contribution < -0.4 is 0 Å². The lowest BCUT2D eigenvalue weighted by molar-refractivity contribution is -0.0689. The van der Waals surface area contributed by atoms with Crippen molar-refractivity contribution in [3.63, 3.8) is 0 Å². The number of aliphatic hydroxyl groups excluding tert-OH is 2. The lowest BCUT2D eigenvalue weighted by atomic mass is 9.74. The van der Waals surface area contributed by atoms with Crippen LogP contribution in [0, 0.1) is 34.5 Å². The first-order valence-electron chi connectivity index (χ1n) is 5.34. The third-order valence-electron chi connectivity index (χ3n) is 2.82. The van der Waals surface area contributed by atoms with Gasteiger partial charge in [-0.3, -0.25) is 0 Å². The second-order valence-corrected chi connectivity index (χ2v) is 5.21. The largest absolute Gasteiger partial charge is 0.389 e. The molecule has 86 valence electrons. The Bertz CT molecular complexity index is 367. The molecule has 0 fully saturated rings. The van der Waals surface area contributed by atoms with Crippen molar-refractivity contribution in [1.29, 1.82) is 0 Å². The van der Waals surface area contributed by atoms with Crippen molar-refractivity contribution in [2.45, 2.75) is 39.9 Å². The summed E-state index contributed by atoms with van der Waals surface area (Å²) < 4.78 is 0. The van der Waals surface area contributed by atoms with E-state index in [0.717, 1.165) is 0 Å². The van der Waals surface area contributed by atoms with Crippen LogP contribution in [0.15, 0.2) is 12.2 Å². The normalized spacial score (nSPS) is 32.6. The minimum Gasteiger partial charge on any atom is -0.389 e. The minimum atomic E-state index is -0.921. The van der Waals surface area contributed by atoms with Gasteiger partial charge in [-0.25, -0.2) is 0 Å². The van der Waals surface area contributed by atoms with Crippen LogP contribution >= 0.6 is 0 Å². The summed E-state index contributed by atoms with van der Waals surface area (Å²) >= 11 is 0. The van der Waals surface area contributed by atoms with Gasteiger partial charge in [0.2, 0.25) is 0 Å². The molecule has 0 aromatic carbocycles. The number of allylic oxidation sites excluding steroid dienone is 2. The molecule has 2 unspecified atom stereocenters. The van der Waals surface area contributed by atoms with Crippen LogP contribution in [0.25, 0.3) is 0 Å². The predicted octanol–water partition coefficient (Wildman–Crippen LogP) is 1.34. The lowest BCUT2D eigenvalue weighted by Gasteiger charge is -2.35. The average Bonchev–Trinajstić information content (AvgIpc) is 2.19. The van der Waals surface area contributed by atoms with Gasteiger partial charge in [0.1, 0.15) is 0 Å². The van der Waals surface area contributed by atoms with Crippen molar-refractivity contribution >= 4 is 0 Å². The highest BCUT2D eigenvalue weighted by molar-refractivity contribution is 5.31. The molecule has 0 saturated carbocycles. The van der Waals surface area contributed by atoms with E-state index >= 15 is 0 Å². The van der Waals surface area contributed by atoms with Gasteiger partial charge in [0, 0.05) is 0 Å². The molecule has 1 aliphatic carbocycles. The van der Waals surface area contributed by atoms with E-state index in [1.54, 1.807) is 12.2 Å². The first kappa shape index (κ1) is 12.8. The second kappa shape index (κ2) is 4.34.